The molecule has 0 aromatic carbocycles. The molecule has 0 spiro atoms. The maximum atomic E-state index is 5.60. The third-order valence-corrected chi connectivity index (χ3v) is 2.72. The second-order valence-electron chi connectivity index (χ2n) is 3.76. The summed E-state index contributed by atoms with van der Waals surface area (Å²) >= 11 is 0. The summed E-state index contributed by atoms with van der Waals surface area (Å²) in [5.74, 6) is 0.834. The molecular weight excluding hydrogens is 152 g/mol. The molecule has 2 saturated heterocycles. The summed E-state index contributed by atoms with van der Waals surface area (Å²) in [4.78, 5) is 0. The highest BCUT2D eigenvalue weighted by molar-refractivity contribution is 4.75. The Kier molecular flexibility index (Phi) is 2.98. The van der Waals surface area contributed by atoms with Gasteiger partial charge in [0.05, 0.1) is 0 Å². The van der Waals surface area contributed by atoms with Crippen LogP contribution in [0.5, 0.6) is 0 Å². The van der Waals surface area contributed by atoms with Gasteiger partial charge in [-0.15, -0.1) is 0 Å². The topological polar surface area (TPSA) is 33.3 Å². The van der Waals surface area contributed by atoms with Crippen molar-refractivity contribution in [1.82, 2.24) is 10.6 Å². The fourth-order valence-corrected chi connectivity index (χ4v) is 1.99. The second-order valence-corrected chi connectivity index (χ2v) is 3.76. The van der Waals surface area contributed by atoms with Crippen LogP contribution in [-0.4, -0.2) is 32.5 Å². The quantitative estimate of drug-likeness (QED) is 0.626. The van der Waals surface area contributed by atoms with Crippen LogP contribution in [0.3, 0.4) is 0 Å². The maximum absolute atomic E-state index is 5.60. The van der Waals surface area contributed by atoms with Gasteiger partial charge in [-0.3, -0.25) is 5.32 Å². The SMILES string of the molecule is C1CNC(CC2CCNC2)OC1. The first-order valence-corrected chi connectivity index (χ1v) is 5.01. The summed E-state index contributed by atoms with van der Waals surface area (Å²) < 4.78 is 5.60. The molecule has 2 atom stereocenters. The van der Waals surface area contributed by atoms with Crippen LogP contribution in [0, 0.1) is 5.92 Å². The van der Waals surface area contributed by atoms with Crippen LogP contribution in [-0.2, 0) is 4.74 Å². The summed E-state index contributed by atoms with van der Waals surface area (Å²) in [6.07, 6.45) is 4.01. The summed E-state index contributed by atoms with van der Waals surface area (Å²) in [6.45, 7) is 4.45. The van der Waals surface area contributed by atoms with E-state index in [2.05, 4.69) is 10.6 Å². The summed E-state index contributed by atoms with van der Waals surface area (Å²) in [5.41, 5.74) is 0. The van der Waals surface area contributed by atoms with Crippen LogP contribution in [0.2, 0.25) is 0 Å². The van der Waals surface area contributed by atoms with Gasteiger partial charge >= 0.3 is 0 Å². The molecule has 0 aliphatic carbocycles. The molecule has 2 rings (SSSR count). The summed E-state index contributed by atoms with van der Waals surface area (Å²) in [7, 11) is 0. The maximum Gasteiger partial charge on any atom is 0.108 e. The molecule has 2 unspecified atom stereocenters. The van der Waals surface area contributed by atoms with E-state index in [1.165, 1.54) is 32.4 Å². The Labute approximate surface area is 73.9 Å². The molecule has 2 aliphatic rings. The Bertz CT molecular complexity index is 128. The van der Waals surface area contributed by atoms with E-state index in [-0.39, 0.29) is 0 Å². The van der Waals surface area contributed by atoms with Crippen LogP contribution < -0.4 is 10.6 Å². The zero-order chi connectivity index (χ0) is 8.23. The van der Waals surface area contributed by atoms with Gasteiger partial charge < -0.3 is 10.1 Å². The van der Waals surface area contributed by atoms with Crippen LogP contribution >= 0.6 is 0 Å². The molecule has 0 aromatic rings. The van der Waals surface area contributed by atoms with Gasteiger partial charge in [0.2, 0.25) is 0 Å². The third-order valence-electron chi connectivity index (χ3n) is 2.72. The molecule has 2 aliphatic heterocycles. The Morgan fingerprint density at radius 3 is 3.00 bits per heavy atom. The number of nitrogens with one attached hydrogen (secondary N) is 2. The molecule has 2 heterocycles. The lowest BCUT2D eigenvalue weighted by Gasteiger charge is -2.26. The Hall–Kier alpha value is -0.120. The Morgan fingerprint density at radius 1 is 1.33 bits per heavy atom. The van der Waals surface area contributed by atoms with Crippen molar-refractivity contribution in [3.05, 3.63) is 0 Å². The standard InChI is InChI=1S/C9H18N2O/c1-3-11-9(12-5-1)6-8-2-4-10-7-8/h8-11H,1-7H2. The first kappa shape index (κ1) is 8.48. The molecule has 0 amide bonds. The van der Waals surface area contributed by atoms with Crippen LogP contribution in [0.25, 0.3) is 0 Å². The van der Waals surface area contributed by atoms with Gasteiger partial charge in [-0.25, -0.2) is 0 Å². The van der Waals surface area contributed by atoms with Crippen molar-refractivity contribution < 1.29 is 4.74 Å². The van der Waals surface area contributed by atoms with E-state index in [0.29, 0.717) is 6.23 Å². The zero-order valence-electron chi connectivity index (χ0n) is 7.51. The van der Waals surface area contributed by atoms with Gasteiger partial charge in [0.15, 0.2) is 0 Å². The first-order valence-electron chi connectivity index (χ1n) is 5.01. The van der Waals surface area contributed by atoms with E-state index >= 15 is 0 Å². The van der Waals surface area contributed by atoms with Crippen molar-refractivity contribution in [3.63, 3.8) is 0 Å². The minimum absolute atomic E-state index is 0.337. The summed E-state index contributed by atoms with van der Waals surface area (Å²) in [5, 5.41) is 6.77. The molecular formula is C9H18N2O. The fourth-order valence-electron chi connectivity index (χ4n) is 1.99. The van der Waals surface area contributed by atoms with Crippen LogP contribution in [0.1, 0.15) is 19.3 Å². The number of rotatable bonds is 2. The predicted octanol–water partition coefficient (Wildman–Crippen LogP) is 0.322. The van der Waals surface area contributed by atoms with Crippen molar-refractivity contribution in [2.45, 2.75) is 25.5 Å². The van der Waals surface area contributed by atoms with E-state index in [4.69, 9.17) is 4.74 Å². The first-order chi connectivity index (χ1) is 5.95. The van der Waals surface area contributed by atoms with Gasteiger partial charge in [0, 0.05) is 6.61 Å². The van der Waals surface area contributed by atoms with Crippen molar-refractivity contribution in [2.24, 2.45) is 5.92 Å². The smallest absolute Gasteiger partial charge is 0.108 e. The highest BCUT2D eigenvalue weighted by Gasteiger charge is 2.21. The lowest BCUT2D eigenvalue weighted by atomic mass is 10.0. The largest absolute Gasteiger partial charge is 0.363 e. The molecule has 3 nitrogen and oxygen atoms in total. The molecule has 0 saturated carbocycles. The lowest BCUT2D eigenvalue weighted by Crippen LogP contribution is -2.39. The highest BCUT2D eigenvalue weighted by Crippen LogP contribution is 2.16. The predicted molar refractivity (Wildman–Crippen MR) is 48.0 cm³/mol. The van der Waals surface area contributed by atoms with Crippen molar-refractivity contribution >= 4 is 0 Å². The molecule has 70 valence electrons. The highest BCUT2D eigenvalue weighted by atomic mass is 16.5. The van der Waals surface area contributed by atoms with Gasteiger partial charge in [-0.1, -0.05) is 0 Å². The molecule has 2 fully saturated rings. The third kappa shape index (κ3) is 2.19. The Balaban J connectivity index is 1.69. The van der Waals surface area contributed by atoms with Crippen LogP contribution in [0.4, 0.5) is 0 Å². The number of ether oxygens (including phenoxy) is 1. The molecule has 0 aromatic heterocycles. The van der Waals surface area contributed by atoms with E-state index in [1.807, 2.05) is 0 Å². The van der Waals surface area contributed by atoms with E-state index < -0.39 is 0 Å². The van der Waals surface area contributed by atoms with E-state index in [1.54, 1.807) is 0 Å². The molecule has 0 radical (unpaired) electrons. The van der Waals surface area contributed by atoms with Gasteiger partial charge in [0.25, 0.3) is 0 Å². The van der Waals surface area contributed by atoms with E-state index in [9.17, 15) is 0 Å². The average molecular weight is 170 g/mol. The van der Waals surface area contributed by atoms with E-state index in [0.717, 1.165) is 19.1 Å². The zero-order valence-corrected chi connectivity index (χ0v) is 7.51. The molecule has 0 bridgehead atoms. The molecule has 3 heteroatoms. The number of hydrogen-bond acceptors (Lipinski definition) is 3. The number of hydrogen-bond donors (Lipinski definition) is 2. The van der Waals surface area contributed by atoms with Crippen molar-refractivity contribution in [2.75, 3.05) is 26.2 Å². The molecule has 12 heavy (non-hydrogen) atoms. The average Bonchev–Trinajstić information content (AvgIpc) is 2.59. The second kappa shape index (κ2) is 4.21. The van der Waals surface area contributed by atoms with Gasteiger partial charge in [0.1, 0.15) is 6.23 Å². The Morgan fingerprint density at radius 2 is 2.33 bits per heavy atom. The fraction of sp³-hybridized carbons (Fsp3) is 1.00. The minimum Gasteiger partial charge on any atom is -0.363 e. The van der Waals surface area contributed by atoms with Gasteiger partial charge in [-0.05, 0) is 44.8 Å². The van der Waals surface area contributed by atoms with Crippen molar-refractivity contribution in [3.8, 4) is 0 Å². The van der Waals surface area contributed by atoms with Crippen LogP contribution in [0.15, 0.2) is 0 Å². The van der Waals surface area contributed by atoms with Crippen molar-refractivity contribution in [1.29, 1.82) is 0 Å². The van der Waals surface area contributed by atoms with Gasteiger partial charge in [-0.2, -0.15) is 0 Å². The lowest BCUT2D eigenvalue weighted by molar-refractivity contribution is -0.0118. The molecule has 2 N–H and O–H groups in total. The summed E-state index contributed by atoms with van der Waals surface area (Å²) in [6, 6.07) is 0. The minimum atomic E-state index is 0.337. The normalized spacial score (nSPS) is 37.0. The monoisotopic (exact) mass is 170 g/mol.